The SMILES string of the molecule is CCCc1ccc(S(=O)(=O)NC(=O)c2cccc(CC#N)c2)cc1. The number of hydrogen-bond acceptors (Lipinski definition) is 4. The fraction of sp³-hybridized carbons (Fsp3) is 0.222. The zero-order valence-corrected chi connectivity index (χ0v) is 14.1. The third-order valence-electron chi connectivity index (χ3n) is 3.47. The van der Waals surface area contributed by atoms with Crippen LogP contribution in [0.5, 0.6) is 0 Å². The monoisotopic (exact) mass is 342 g/mol. The molecule has 124 valence electrons. The second kappa shape index (κ2) is 7.75. The Hall–Kier alpha value is -2.65. The summed E-state index contributed by atoms with van der Waals surface area (Å²) in [5.74, 6) is -0.715. The smallest absolute Gasteiger partial charge is 0.265 e. The molecule has 0 spiro atoms. The average Bonchev–Trinajstić information content (AvgIpc) is 2.56. The van der Waals surface area contributed by atoms with Gasteiger partial charge in [-0.25, -0.2) is 13.1 Å². The number of nitrogens with one attached hydrogen (secondary N) is 1. The van der Waals surface area contributed by atoms with Gasteiger partial charge < -0.3 is 0 Å². The van der Waals surface area contributed by atoms with E-state index in [1.165, 1.54) is 24.3 Å². The summed E-state index contributed by atoms with van der Waals surface area (Å²) in [6.45, 7) is 2.05. The van der Waals surface area contributed by atoms with Crippen LogP contribution in [0.15, 0.2) is 53.4 Å². The molecule has 0 heterocycles. The summed E-state index contributed by atoms with van der Waals surface area (Å²) < 4.78 is 26.7. The number of nitrogens with zero attached hydrogens (tertiary/aromatic N) is 1. The van der Waals surface area contributed by atoms with Gasteiger partial charge in [0.1, 0.15) is 0 Å². The Bertz CT molecular complexity index is 866. The number of aryl methyl sites for hydroxylation is 1. The fourth-order valence-electron chi connectivity index (χ4n) is 2.28. The molecule has 1 amide bonds. The first kappa shape index (κ1) is 17.7. The fourth-order valence-corrected chi connectivity index (χ4v) is 3.25. The van der Waals surface area contributed by atoms with Gasteiger partial charge in [0.05, 0.1) is 17.4 Å². The van der Waals surface area contributed by atoms with Crippen molar-refractivity contribution in [3.05, 3.63) is 65.2 Å². The molecule has 0 aromatic heterocycles. The van der Waals surface area contributed by atoms with E-state index < -0.39 is 15.9 Å². The van der Waals surface area contributed by atoms with Crippen molar-refractivity contribution in [1.82, 2.24) is 4.72 Å². The minimum atomic E-state index is -3.93. The van der Waals surface area contributed by atoms with Crippen LogP contribution < -0.4 is 4.72 Å². The number of amides is 1. The molecule has 0 aliphatic carbocycles. The lowest BCUT2D eigenvalue weighted by Gasteiger charge is -2.08. The summed E-state index contributed by atoms with van der Waals surface area (Å²) in [6.07, 6.45) is 2.01. The Labute approximate surface area is 142 Å². The van der Waals surface area contributed by atoms with E-state index in [2.05, 4.69) is 4.72 Å². The van der Waals surface area contributed by atoms with Crippen molar-refractivity contribution >= 4 is 15.9 Å². The average molecular weight is 342 g/mol. The van der Waals surface area contributed by atoms with Gasteiger partial charge in [0, 0.05) is 5.56 Å². The van der Waals surface area contributed by atoms with Gasteiger partial charge in [-0.3, -0.25) is 4.79 Å². The van der Waals surface area contributed by atoms with E-state index in [-0.39, 0.29) is 16.9 Å². The third-order valence-corrected chi connectivity index (χ3v) is 4.82. The van der Waals surface area contributed by atoms with Crippen molar-refractivity contribution in [2.45, 2.75) is 31.1 Å². The maximum atomic E-state index is 12.3. The first-order chi connectivity index (χ1) is 11.5. The van der Waals surface area contributed by atoms with Crippen LogP contribution in [0.25, 0.3) is 0 Å². The van der Waals surface area contributed by atoms with E-state index in [0.29, 0.717) is 5.56 Å². The number of benzene rings is 2. The van der Waals surface area contributed by atoms with Crippen LogP contribution in [0.4, 0.5) is 0 Å². The molecule has 0 aliphatic rings. The van der Waals surface area contributed by atoms with Crippen LogP contribution in [-0.2, 0) is 22.9 Å². The van der Waals surface area contributed by atoms with Crippen LogP contribution in [0.1, 0.15) is 34.8 Å². The van der Waals surface area contributed by atoms with Crippen LogP contribution in [-0.4, -0.2) is 14.3 Å². The number of rotatable bonds is 6. The van der Waals surface area contributed by atoms with Gasteiger partial charge in [-0.05, 0) is 41.8 Å². The zero-order valence-electron chi connectivity index (χ0n) is 13.3. The van der Waals surface area contributed by atoms with Crippen molar-refractivity contribution < 1.29 is 13.2 Å². The van der Waals surface area contributed by atoms with Crippen LogP contribution in [0.2, 0.25) is 0 Å². The van der Waals surface area contributed by atoms with Crippen molar-refractivity contribution in [3.63, 3.8) is 0 Å². The van der Waals surface area contributed by atoms with Gasteiger partial charge in [-0.2, -0.15) is 5.26 Å². The van der Waals surface area contributed by atoms with Gasteiger partial charge >= 0.3 is 0 Å². The lowest BCUT2D eigenvalue weighted by molar-refractivity contribution is 0.0981. The standard InChI is InChI=1S/C18H18N2O3S/c1-2-4-14-7-9-17(10-8-14)24(22,23)20-18(21)16-6-3-5-15(13-16)11-12-19/h3,5-10,13H,2,4,11H2,1H3,(H,20,21). The molecule has 0 atom stereocenters. The molecule has 5 nitrogen and oxygen atoms in total. The first-order valence-corrected chi connectivity index (χ1v) is 9.06. The largest absolute Gasteiger partial charge is 0.268 e. The minimum Gasteiger partial charge on any atom is -0.268 e. The van der Waals surface area contributed by atoms with Crippen molar-refractivity contribution in [2.75, 3.05) is 0 Å². The molecule has 1 N–H and O–H groups in total. The zero-order chi connectivity index (χ0) is 17.6. The molecule has 2 aromatic rings. The summed E-state index contributed by atoms with van der Waals surface area (Å²) in [5.41, 5.74) is 1.91. The van der Waals surface area contributed by atoms with E-state index >= 15 is 0 Å². The topological polar surface area (TPSA) is 87.0 Å². The molecule has 6 heteroatoms. The molecule has 0 aliphatic heterocycles. The number of carbonyl (C=O) groups excluding carboxylic acids is 1. The first-order valence-electron chi connectivity index (χ1n) is 7.58. The van der Waals surface area contributed by atoms with Crippen molar-refractivity contribution in [1.29, 1.82) is 5.26 Å². The highest BCUT2D eigenvalue weighted by atomic mass is 32.2. The summed E-state index contributed by atoms with van der Waals surface area (Å²) in [5, 5.41) is 8.70. The lowest BCUT2D eigenvalue weighted by atomic mass is 10.1. The highest BCUT2D eigenvalue weighted by Gasteiger charge is 2.18. The second-order valence-electron chi connectivity index (χ2n) is 5.36. The Morgan fingerprint density at radius 1 is 1.12 bits per heavy atom. The molecule has 0 unspecified atom stereocenters. The van der Waals surface area contributed by atoms with Crippen molar-refractivity contribution in [3.8, 4) is 6.07 Å². The molecule has 2 rings (SSSR count). The molecule has 0 fully saturated rings. The minimum absolute atomic E-state index is 0.0453. The number of carbonyl (C=O) groups is 1. The number of hydrogen-bond donors (Lipinski definition) is 1. The van der Waals surface area contributed by atoms with E-state index in [1.54, 1.807) is 24.3 Å². The summed E-state index contributed by atoms with van der Waals surface area (Å²) in [6, 6.07) is 14.8. The Morgan fingerprint density at radius 2 is 1.83 bits per heavy atom. The maximum Gasteiger partial charge on any atom is 0.265 e. The Balaban J connectivity index is 2.17. The molecular formula is C18H18N2O3S. The molecule has 24 heavy (non-hydrogen) atoms. The molecule has 2 aromatic carbocycles. The lowest BCUT2D eigenvalue weighted by Crippen LogP contribution is -2.30. The molecule has 0 saturated carbocycles. The van der Waals surface area contributed by atoms with E-state index in [1.807, 2.05) is 13.0 Å². The van der Waals surface area contributed by atoms with Gasteiger partial charge in [-0.1, -0.05) is 37.6 Å². The highest BCUT2D eigenvalue weighted by molar-refractivity contribution is 7.90. The van der Waals surface area contributed by atoms with Gasteiger partial charge in [0.25, 0.3) is 15.9 Å². The van der Waals surface area contributed by atoms with Crippen LogP contribution in [0.3, 0.4) is 0 Å². The maximum absolute atomic E-state index is 12.3. The normalized spacial score (nSPS) is 10.8. The van der Waals surface area contributed by atoms with E-state index in [0.717, 1.165) is 18.4 Å². The second-order valence-corrected chi connectivity index (χ2v) is 7.05. The van der Waals surface area contributed by atoms with Crippen LogP contribution in [0, 0.1) is 11.3 Å². The molecule has 0 bridgehead atoms. The summed E-state index contributed by atoms with van der Waals surface area (Å²) >= 11 is 0. The molecule has 0 saturated heterocycles. The Morgan fingerprint density at radius 3 is 2.46 bits per heavy atom. The number of nitriles is 1. The predicted octanol–water partition coefficient (Wildman–Crippen LogP) is 2.82. The quantitative estimate of drug-likeness (QED) is 0.874. The predicted molar refractivity (Wildman–Crippen MR) is 90.8 cm³/mol. The number of sulfonamides is 1. The molecular weight excluding hydrogens is 324 g/mol. The van der Waals surface area contributed by atoms with E-state index in [4.69, 9.17) is 5.26 Å². The molecule has 0 radical (unpaired) electrons. The van der Waals surface area contributed by atoms with E-state index in [9.17, 15) is 13.2 Å². The highest BCUT2D eigenvalue weighted by Crippen LogP contribution is 2.13. The van der Waals surface area contributed by atoms with Gasteiger partial charge in [0.15, 0.2) is 0 Å². The Kier molecular flexibility index (Phi) is 5.72. The van der Waals surface area contributed by atoms with Crippen molar-refractivity contribution in [2.24, 2.45) is 0 Å². The van der Waals surface area contributed by atoms with Crippen LogP contribution >= 0.6 is 0 Å². The van der Waals surface area contributed by atoms with Gasteiger partial charge in [0.2, 0.25) is 0 Å². The summed E-state index contributed by atoms with van der Waals surface area (Å²) in [4.78, 5) is 12.2. The van der Waals surface area contributed by atoms with Gasteiger partial charge in [-0.15, -0.1) is 0 Å². The third kappa shape index (κ3) is 4.43. The summed E-state index contributed by atoms with van der Waals surface area (Å²) in [7, 11) is -3.93.